The van der Waals surface area contributed by atoms with Crippen molar-refractivity contribution in [3.63, 3.8) is 0 Å². The van der Waals surface area contributed by atoms with Crippen LogP contribution in [-0.4, -0.2) is 43.7 Å². The van der Waals surface area contributed by atoms with Crippen LogP contribution >= 0.6 is 11.3 Å². The van der Waals surface area contributed by atoms with E-state index in [9.17, 15) is 4.79 Å². The second kappa shape index (κ2) is 9.72. The molecule has 8 nitrogen and oxygen atoms in total. The van der Waals surface area contributed by atoms with E-state index >= 15 is 0 Å². The van der Waals surface area contributed by atoms with Gasteiger partial charge in [0.2, 0.25) is 0 Å². The number of hydrogen-bond acceptors (Lipinski definition) is 7. The number of amides is 1. The van der Waals surface area contributed by atoms with Crippen LogP contribution in [0.25, 0.3) is 5.57 Å². The van der Waals surface area contributed by atoms with Crippen molar-refractivity contribution >= 4 is 33.8 Å². The summed E-state index contributed by atoms with van der Waals surface area (Å²) in [4.78, 5) is 25.4. The van der Waals surface area contributed by atoms with E-state index < -0.39 is 0 Å². The van der Waals surface area contributed by atoms with Gasteiger partial charge in [0.15, 0.2) is 5.13 Å². The molecule has 0 aromatic carbocycles. The van der Waals surface area contributed by atoms with E-state index in [2.05, 4.69) is 48.6 Å². The Bertz CT molecular complexity index is 1260. The number of pyridine rings is 1. The Morgan fingerprint density at radius 1 is 1.21 bits per heavy atom. The molecule has 0 radical (unpaired) electrons. The van der Waals surface area contributed by atoms with Gasteiger partial charge in [-0.15, -0.1) is 21.5 Å². The Kier molecular flexibility index (Phi) is 6.35. The number of anilines is 2. The van der Waals surface area contributed by atoms with Crippen LogP contribution in [0.5, 0.6) is 0 Å². The number of piperidine rings is 1. The van der Waals surface area contributed by atoms with E-state index in [1.165, 1.54) is 11.3 Å². The van der Waals surface area contributed by atoms with Gasteiger partial charge in [-0.1, -0.05) is 30.4 Å². The van der Waals surface area contributed by atoms with Gasteiger partial charge in [-0.2, -0.15) is 0 Å². The van der Waals surface area contributed by atoms with Gasteiger partial charge in [-0.3, -0.25) is 10.1 Å². The Morgan fingerprint density at radius 2 is 2.06 bits per heavy atom. The van der Waals surface area contributed by atoms with Crippen LogP contribution in [0.15, 0.2) is 55.0 Å². The maximum Gasteiger partial charge on any atom is 0.259 e. The summed E-state index contributed by atoms with van der Waals surface area (Å²) in [6, 6.07) is 3.75. The summed E-state index contributed by atoms with van der Waals surface area (Å²) in [5.41, 5.74) is 2.51. The predicted molar refractivity (Wildman–Crippen MR) is 135 cm³/mol. The van der Waals surface area contributed by atoms with Crippen molar-refractivity contribution in [2.75, 3.05) is 23.3 Å². The van der Waals surface area contributed by atoms with Crippen LogP contribution in [0.1, 0.15) is 51.9 Å². The van der Waals surface area contributed by atoms with Crippen molar-refractivity contribution < 1.29 is 4.79 Å². The molecular formula is C25H27N7OS. The second-order valence-electron chi connectivity index (χ2n) is 8.53. The first kappa shape index (κ1) is 22.2. The molecule has 9 heteroatoms. The number of aryl methyl sites for hydroxylation is 2. The fourth-order valence-corrected chi connectivity index (χ4v) is 5.21. The SMILES string of the molecule is Cc1sc(NC(=O)c2ccc(N3CCC(c4nncn4C)CC3)nc2)nc1C1=CCC=CC=C1. The van der Waals surface area contributed by atoms with Crippen LogP contribution in [-0.2, 0) is 7.05 Å². The van der Waals surface area contributed by atoms with E-state index in [0.29, 0.717) is 16.6 Å². The van der Waals surface area contributed by atoms with E-state index in [1.54, 1.807) is 12.5 Å². The molecule has 1 aliphatic heterocycles. The minimum atomic E-state index is -0.201. The number of nitrogens with zero attached hydrogens (tertiary/aromatic N) is 6. The maximum atomic E-state index is 12.8. The smallest absolute Gasteiger partial charge is 0.259 e. The molecule has 0 spiro atoms. The molecule has 174 valence electrons. The molecule has 1 amide bonds. The standard InChI is InChI=1S/C25H27N7OS/c1-17-22(18-7-5-3-4-6-8-18)28-25(34-17)29-24(33)20-9-10-21(26-15-20)32-13-11-19(12-14-32)23-30-27-16-31(23)2/h3-5,7-10,15-16,19H,6,11-14H2,1-2H3,(H,28,29,33). The molecule has 2 aliphatic rings. The van der Waals surface area contributed by atoms with Gasteiger partial charge < -0.3 is 9.47 Å². The van der Waals surface area contributed by atoms with Crippen molar-refractivity contribution in [1.82, 2.24) is 24.7 Å². The zero-order valence-electron chi connectivity index (χ0n) is 19.3. The van der Waals surface area contributed by atoms with Gasteiger partial charge in [0.05, 0.1) is 11.3 Å². The van der Waals surface area contributed by atoms with Crippen molar-refractivity contribution in [1.29, 1.82) is 0 Å². The third kappa shape index (κ3) is 4.70. The molecule has 3 aromatic heterocycles. The lowest BCUT2D eigenvalue weighted by Gasteiger charge is -2.32. The number of carbonyl (C=O) groups excluding carboxylic acids is 1. The van der Waals surface area contributed by atoms with Gasteiger partial charge in [-0.05, 0) is 43.9 Å². The minimum absolute atomic E-state index is 0.201. The summed E-state index contributed by atoms with van der Waals surface area (Å²) in [5, 5.41) is 11.8. The zero-order valence-corrected chi connectivity index (χ0v) is 20.1. The Labute approximate surface area is 202 Å². The molecule has 1 N–H and O–H groups in total. The number of carbonyl (C=O) groups is 1. The number of thiazole rings is 1. The van der Waals surface area contributed by atoms with Crippen molar-refractivity contribution in [3.05, 3.63) is 77.0 Å². The third-order valence-electron chi connectivity index (χ3n) is 6.23. The summed E-state index contributed by atoms with van der Waals surface area (Å²) >= 11 is 1.49. The van der Waals surface area contributed by atoms with E-state index in [0.717, 1.165) is 60.1 Å². The first-order chi connectivity index (χ1) is 16.6. The summed E-state index contributed by atoms with van der Waals surface area (Å²) < 4.78 is 2.00. The van der Waals surface area contributed by atoms with Crippen molar-refractivity contribution in [3.8, 4) is 0 Å². The van der Waals surface area contributed by atoms with Crippen LogP contribution in [0.3, 0.4) is 0 Å². The molecule has 0 unspecified atom stereocenters. The highest BCUT2D eigenvalue weighted by molar-refractivity contribution is 7.16. The number of hydrogen-bond donors (Lipinski definition) is 1. The highest BCUT2D eigenvalue weighted by atomic mass is 32.1. The Balaban J connectivity index is 1.21. The molecule has 3 aromatic rings. The summed E-state index contributed by atoms with van der Waals surface area (Å²) in [5.74, 6) is 2.15. The Hall–Kier alpha value is -3.59. The van der Waals surface area contributed by atoms with Crippen molar-refractivity contribution in [2.45, 2.75) is 32.1 Å². The van der Waals surface area contributed by atoms with Gasteiger partial charge in [-0.25, -0.2) is 9.97 Å². The normalized spacial score (nSPS) is 16.4. The van der Waals surface area contributed by atoms with E-state index in [1.807, 2.05) is 42.8 Å². The number of nitrogens with one attached hydrogen (secondary N) is 1. The molecule has 1 fully saturated rings. The monoisotopic (exact) mass is 473 g/mol. The highest BCUT2D eigenvalue weighted by Gasteiger charge is 2.24. The van der Waals surface area contributed by atoms with Gasteiger partial charge >= 0.3 is 0 Å². The van der Waals surface area contributed by atoms with Gasteiger partial charge in [0.25, 0.3) is 5.91 Å². The minimum Gasteiger partial charge on any atom is -0.357 e. The lowest BCUT2D eigenvalue weighted by molar-refractivity contribution is 0.102. The largest absolute Gasteiger partial charge is 0.357 e. The fraction of sp³-hybridized carbons (Fsp3) is 0.320. The summed E-state index contributed by atoms with van der Waals surface area (Å²) in [6.07, 6.45) is 16.6. The van der Waals surface area contributed by atoms with E-state index in [-0.39, 0.29) is 5.91 Å². The first-order valence-electron chi connectivity index (χ1n) is 11.5. The van der Waals surface area contributed by atoms with Crippen LogP contribution in [0, 0.1) is 6.92 Å². The predicted octanol–water partition coefficient (Wildman–Crippen LogP) is 4.51. The molecule has 1 saturated heterocycles. The van der Waals surface area contributed by atoms with Gasteiger partial charge in [0.1, 0.15) is 18.0 Å². The van der Waals surface area contributed by atoms with Crippen LogP contribution in [0.2, 0.25) is 0 Å². The van der Waals surface area contributed by atoms with Crippen LogP contribution < -0.4 is 10.2 Å². The summed E-state index contributed by atoms with van der Waals surface area (Å²) in [7, 11) is 1.99. The zero-order chi connectivity index (χ0) is 23.5. The lowest BCUT2D eigenvalue weighted by Crippen LogP contribution is -2.34. The maximum absolute atomic E-state index is 12.8. The summed E-state index contributed by atoms with van der Waals surface area (Å²) in [6.45, 7) is 3.83. The topological polar surface area (TPSA) is 88.8 Å². The molecule has 0 atom stereocenters. The molecule has 0 bridgehead atoms. The first-order valence-corrected chi connectivity index (χ1v) is 12.3. The molecular weight excluding hydrogens is 446 g/mol. The molecule has 34 heavy (non-hydrogen) atoms. The average Bonchev–Trinajstić information content (AvgIpc) is 3.33. The number of allylic oxidation sites excluding steroid dienone is 6. The van der Waals surface area contributed by atoms with E-state index in [4.69, 9.17) is 0 Å². The molecule has 5 rings (SSSR count). The second-order valence-corrected chi connectivity index (χ2v) is 9.73. The average molecular weight is 474 g/mol. The molecule has 4 heterocycles. The number of rotatable bonds is 5. The fourth-order valence-electron chi connectivity index (χ4n) is 4.38. The van der Waals surface area contributed by atoms with Gasteiger partial charge in [0, 0.05) is 37.1 Å². The quantitative estimate of drug-likeness (QED) is 0.587. The molecule has 1 aliphatic carbocycles. The lowest BCUT2D eigenvalue weighted by atomic mass is 9.96. The molecule has 0 saturated carbocycles. The van der Waals surface area contributed by atoms with Crippen molar-refractivity contribution in [2.24, 2.45) is 7.05 Å². The number of aromatic nitrogens is 5. The Morgan fingerprint density at radius 3 is 2.79 bits per heavy atom. The van der Waals surface area contributed by atoms with Crippen LogP contribution in [0.4, 0.5) is 10.9 Å². The third-order valence-corrected chi connectivity index (χ3v) is 7.11. The highest BCUT2D eigenvalue weighted by Crippen LogP contribution is 2.30.